The fourth-order valence-electron chi connectivity index (χ4n) is 2.00. The largest absolute Gasteiger partial charge is 0.466 e. The number of halogens is 4. The first-order chi connectivity index (χ1) is 11.4. The van der Waals surface area contributed by atoms with E-state index in [1.165, 1.54) is 0 Å². The molecule has 0 radical (unpaired) electrons. The standard InChI is InChI=1S/C16H30F3N3O2.HI/c1-3-20-15(22-13-11-16(17,18)19)21-12-9-7-5-6-8-10-14(23)24-4-2;/h3-13H2,1-2H3,(H2,20,21,22);1H. The molecule has 0 aliphatic rings. The Labute approximate surface area is 165 Å². The Morgan fingerprint density at radius 3 is 2.28 bits per heavy atom. The maximum atomic E-state index is 12.1. The lowest BCUT2D eigenvalue weighted by atomic mass is 10.1. The minimum atomic E-state index is -4.16. The van der Waals surface area contributed by atoms with Crippen LogP contribution in [0.3, 0.4) is 0 Å². The first-order valence-electron chi connectivity index (χ1n) is 8.63. The van der Waals surface area contributed by atoms with Crippen LogP contribution >= 0.6 is 24.0 Å². The lowest BCUT2D eigenvalue weighted by Crippen LogP contribution is -2.39. The number of rotatable bonds is 12. The van der Waals surface area contributed by atoms with Crippen LogP contribution in [0.15, 0.2) is 4.99 Å². The number of nitrogens with zero attached hydrogens (tertiary/aromatic N) is 1. The van der Waals surface area contributed by atoms with E-state index >= 15 is 0 Å². The number of hydrogen-bond acceptors (Lipinski definition) is 3. The molecule has 150 valence electrons. The van der Waals surface area contributed by atoms with Crippen LogP contribution < -0.4 is 10.6 Å². The predicted molar refractivity (Wildman–Crippen MR) is 104 cm³/mol. The van der Waals surface area contributed by atoms with Crippen molar-refractivity contribution in [1.29, 1.82) is 0 Å². The first kappa shape index (κ1) is 26.5. The van der Waals surface area contributed by atoms with Crippen molar-refractivity contribution in [2.45, 2.75) is 65.0 Å². The minimum absolute atomic E-state index is 0. The van der Waals surface area contributed by atoms with Gasteiger partial charge in [0, 0.05) is 26.1 Å². The summed E-state index contributed by atoms with van der Waals surface area (Å²) in [7, 11) is 0. The third-order valence-corrected chi connectivity index (χ3v) is 3.16. The summed E-state index contributed by atoms with van der Waals surface area (Å²) < 4.78 is 41.2. The van der Waals surface area contributed by atoms with Gasteiger partial charge in [-0.05, 0) is 26.7 Å². The van der Waals surface area contributed by atoms with Gasteiger partial charge in [-0.1, -0.05) is 19.3 Å². The zero-order valence-electron chi connectivity index (χ0n) is 15.1. The van der Waals surface area contributed by atoms with Crippen LogP contribution in [0.5, 0.6) is 0 Å². The second-order valence-corrected chi connectivity index (χ2v) is 5.38. The van der Waals surface area contributed by atoms with Gasteiger partial charge >= 0.3 is 12.1 Å². The van der Waals surface area contributed by atoms with Crippen molar-refractivity contribution >= 4 is 35.9 Å². The van der Waals surface area contributed by atoms with Gasteiger partial charge in [0.05, 0.1) is 13.0 Å². The van der Waals surface area contributed by atoms with E-state index in [-0.39, 0.29) is 36.5 Å². The number of aliphatic imine (C=N–C) groups is 1. The van der Waals surface area contributed by atoms with Gasteiger partial charge in [-0.25, -0.2) is 0 Å². The zero-order valence-corrected chi connectivity index (χ0v) is 17.4. The molecule has 0 bridgehead atoms. The molecular formula is C16H31F3IN3O2. The lowest BCUT2D eigenvalue weighted by Gasteiger charge is -2.12. The van der Waals surface area contributed by atoms with Crippen LogP contribution in [0.4, 0.5) is 13.2 Å². The Morgan fingerprint density at radius 2 is 1.68 bits per heavy atom. The number of alkyl halides is 3. The summed E-state index contributed by atoms with van der Waals surface area (Å²) in [5.74, 6) is 0.270. The van der Waals surface area contributed by atoms with E-state index in [0.29, 0.717) is 32.1 Å². The van der Waals surface area contributed by atoms with Gasteiger partial charge in [0.25, 0.3) is 0 Å². The molecule has 0 aliphatic carbocycles. The molecule has 0 heterocycles. The van der Waals surface area contributed by atoms with E-state index in [9.17, 15) is 18.0 Å². The summed E-state index contributed by atoms with van der Waals surface area (Å²) >= 11 is 0. The van der Waals surface area contributed by atoms with Crippen molar-refractivity contribution in [1.82, 2.24) is 10.6 Å². The summed E-state index contributed by atoms with van der Waals surface area (Å²) in [6.45, 7) is 5.07. The number of unbranched alkanes of at least 4 members (excludes halogenated alkanes) is 4. The molecule has 0 unspecified atom stereocenters. The molecule has 9 heteroatoms. The van der Waals surface area contributed by atoms with Crippen molar-refractivity contribution in [2.75, 3.05) is 26.2 Å². The highest BCUT2D eigenvalue weighted by molar-refractivity contribution is 14.0. The number of nitrogens with one attached hydrogen (secondary N) is 2. The lowest BCUT2D eigenvalue weighted by molar-refractivity contribution is -0.143. The van der Waals surface area contributed by atoms with Gasteiger partial charge in [-0.3, -0.25) is 9.79 Å². The Morgan fingerprint density at radius 1 is 1.04 bits per heavy atom. The minimum Gasteiger partial charge on any atom is -0.466 e. The zero-order chi connectivity index (χ0) is 18.3. The van der Waals surface area contributed by atoms with Gasteiger partial charge in [-0.15, -0.1) is 24.0 Å². The Balaban J connectivity index is 0. The fraction of sp³-hybridized carbons (Fsp3) is 0.875. The van der Waals surface area contributed by atoms with E-state index in [4.69, 9.17) is 4.74 Å². The summed E-state index contributed by atoms with van der Waals surface area (Å²) in [6.07, 6.45) is 0.0676. The molecule has 0 aliphatic heterocycles. The maximum Gasteiger partial charge on any atom is 0.390 e. The molecule has 0 fully saturated rings. The van der Waals surface area contributed by atoms with Crippen LogP contribution in [0.2, 0.25) is 0 Å². The summed E-state index contributed by atoms with van der Waals surface area (Å²) in [5.41, 5.74) is 0. The molecular weight excluding hydrogens is 450 g/mol. The highest BCUT2D eigenvalue weighted by Gasteiger charge is 2.26. The second kappa shape index (κ2) is 16.7. The van der Waals surface area contributed by atoms with Gasteiger partial charge in [-0.2, -0.15) is 13.2 Å². The molecule has 0 amide bonds. The number of esters is 1. The average Bonchev–Trinajstić information content (AvgIpc) is 2.48. The maximum absolute atomic E-state index is 12.1. The topological polar surface area (TPSA) is 62.7 Å². The van der Waals surface area contributed by atoms with Crippen molar-refractivity contribution in [3.63, 3.8) is 0 Å². The molecule has 0 aromatic heterocycles. The fourth-order valence-corrected chi connectivity index (χ4v) is 2.00. The highest BCUT2D eigenvalue weighted by atomic mass is 127. The van der Waals surface area contributed by atoms with Crippen LogP contribution in [0.1, 0.15) is 58.8 Å². The van der Waals surface area contributed by atoms with Gasteiger partial charge in [0.2, 0.25) is 0 Å². The molecule has 0 aromatic carbocycles. The van der Waals surface area contributed by atoms with E-state index in [2.05, 4.69) is 15.6 Å². The van der Waals surface area contributed by atoms with E-state index in [1.807, 2.05) is 6.92 Å². The summed E-state index contributed by atoms with van der Waals surface area (Å²) in [6, 6.07) is 0. The number of carbonyl (C=O) groups is 1. The van der Waals surface area contributed by atoms with E-state index in [1.54, 1.807) is 6.92 Å². The quantitative estimate of drug-likeness (QED) is 0.145. The third kappa shape index (κ3) is 19.4. The molecule has 0 aromatic rings. The monoisotopic (exact) mass is 481 g/mol. The predicted octanol–water partition coefficient (Wildman–Crippen LogP) is 4.02. The molecule has 0 saturated carbocycles. The van der Waals surface area contributed by atoms with Crippen LogP contribution in [-0.2, 0) is 9.53 Å². The number of hydrogen-bond donors (Lipinski definition) is 2. The van der Waals surface area contributed by atoms with Gasteiger partial charge in [0.15, 0.2) is 5.96 Å². The summed E-state index contributed by atoms with van der Waals surface area (Å²) in [4.78, 5) is 15.4. The highest BCUT2D eigenvalue weighted by Crippen LogP contribution is 2.18. The number of guanidine groups is 1. The van der Waals surface area contributed by atoms with Crippen LogP contribution in [0, 0.1) is 0 Å². The molecule has 0 saturated heterocycles. The molecule has 5 nitrogen and oxygen atoms in total. The van der Waals surface area contributed by atoms with Crippen molar-refractivity contribution < 1.29 is 22.7 Å². The first-order valence-corrected chi connectivity index (χ1v) is 8.63. The Kier molecular flexibility index (Phi) is 17.7. The third-order valence-electron chi connectivity index (χ3n) is 3.16. The van der Waals surface area contributed by atoms with E-state index < -0.39 is 12.6 Å². The molecule has 25 heavy (non-hydrogen) atoms. The van der Waals surface area contributed by atoms with Gasteiger partial charge in [0.1, 0.15) is 0 Å². The van der Waals surface area contributed by atoms with Crippen molar-refractivity contribution in [3.8, 4) is 0 Å². The molecule has 2 N–H and O–H groups in total. The molecule has 0 rings (SSSR count). The molecule has 0 spiro atoms. The van der Waals surface area contributed by atoms with Crippen LogP contribution in [-0.4, -0.2) is 44.3 Å². The number of ether oxygens (including phenoxy) is 1. The second-order valence-electron chi connectivity index (χ2n) is 5.38. The van der Waals surface area contributed by atoms with Crippen molar-refractivity contribution in [3.05, 3.63) is 0 Å². The summed E-state index contributed by atoms with van der Waals surface area (Å²) in [5, 5.41) is 5.60. The molecule has 0 atom stereocenters. The Hall–Kier alpha value is -0.740. The van der Waals surface area contributed by atoms with Crippen molar-refractivity contribution in [2.24, 2.45) is 4.99 Å². The Bertz CT molecular complexity index is 367. The van der Waals surface area contributed by atoms with Crippen LogP contribution in [0.25, 0.3) is 0 Å². The smallest absolute Gasteiger partial charge is 0.390 e. The van der Waals surface area contributed by atoms with E-state index in [0.717, 1.165) is 32.1 Å². The number of carbonyl (C=O) groups excluding carboxylic acids is 1. The SMILES string of the molecule is CCNC(=NCCCCCCCC(=O)OCC)NCCC(F)(F)F.I. The van der Waals surface area contributed by atoms with Gasteiger partial charge < -0.3 is 15.4 Å². The normalized spacial score (nSPS) is 11.6. The average molecular weight is 481 g/mol.